The Labute approximate surface area is 125 Å². The Morgan fingerprint density at radius 3 is 2.62 bits per heavy atom. The molecule has 3 rings (SSSR count). The molecule has 1 unspecified atom stereocenters. The smallest absolute Gasteiger partial charge is 0.124 e. The van der Waals surface area contributed by atoms with Gasteiger partial charge in [0.25, 0.3) is 0 Å². The van der Waals surface area contributed by atoms with Gasteiger partial charge in [-0.05, 0) is 30.5 Å². The highest BCUT2D eigenvalue weighted by atomic mass is 16.3. The molecule has 3 nitrogen and oxygen atoms in total. The molecule has 2 N–H and O–H groups in total. The van der Waals surface area contributed by atoms with Crippen molar-refractivity contribution in [2.75, 3.05) is 18.0 Å². The van der Waals surface area contributed by atoms with Crippen LogP contribution >= 0.6 is 0 Å². The summed E-state index contributed by atoms with van der Waals surface area (Å²) in [7, 11) is 0. The summed E-state index contributed by atoms with van der Waals surface area (Å²) in [5.41, 5.74) is 4.25. The molecule has 1 heterocycles. The molecular formula is C18H21NO2. The van der Waals surface area contributed by atoms with E-state index in [1.54, 1.807) is 6.92 Å². The predicted molar refractivity (Wildman–Crippen MR) is 85.0 cm³/mol. The van der Waals surface area contributed by atoms with E-state index in [4.69, 9.17) is 0 Å². The van der Waals surface area contributed by atoms with Crippen LogP contribution in [0.25, 0.3) is 0 Å². The molecule has 0 saturated carbocycles. The average molecular weight is 283 g/mol. The summed E-state index contributed by atoms with van der Waals surface area (Å²) in [4.78, 5) is 2.14. The van der Waals surface area contributed by atoms with Crippen LogP contribution in [0.1, 0.15) is 23.6 Å². The van der Waals surface area contributed by atoms with E-state index in [1.807, 2.05) is 24.3 Å². The SMILES string of the molecule is CC(O)CN1CCc2c1ccc(Cc1ccccc1)c2O. The number of hydrogen-bond acceptors (Lipinski definition) is 3. The Kier molecular flexibility index (Phi) is 3.84. The van der Waals surface area contributed by atoms with E-state index in [1.165, 1.54) is 5.56 Å². The van der Waals surface area contributed by atoms with Gasteiger partial charge in [-0.25, -0.2) is 0 Å². The first kappa shape index (κ1) is 14.0. The van der Waals surface area contributed by atoms with Gasteiger partial charge in [-0.15, -0.1) is 0 Å². The fourth-order valence-corrected chi connectivity index (χ4v) is 3.05. The second-order valence-corrected chi connectivity index (χ2v) is 5.78. The number of fused-ring (bicyclic) bond motifs is 1. The van der Waals surface area contributed by atoms with Crippen molar-refractivity contribution in [2.45, 2.75) is 25.9 Å². The number of β-amino-alcohol motifs (C(OH)–C–C–N with tert-alkyl or cyclic N) is 1. The normalized spacial score (nSPS) is 15.0. The minimum atomic E-state index is -0.359. The van der Waals surface area contributed by atoms with E-state index in [9.17, 15) is 10.2 Å². The molecule has 0 saturated heterocycles. The third-order valence-electron chi connectivity index (χ3n) is 4.04. The molecule has 0 aromatic heterocycles. The summed E-state index contributed by atoms with van der Waals surface area (Å²) in [6, 6.07) is 14.3. The quantitative estimate of drug-likeness (QED) is 0.907. The summed E-state index contributed by atoms with van der Waals surface area (Å²) in [5, 5.41) is 20.1. The molecule has 0 amide bonds. The molecule has 0 bridgehead atoms. The molecule has 1 aliphatic rings. The van der Waals surface area contributed by atoms with Crippen LogP contribution < -0.4 is 4.90 Å². The van der Waals surface area contributed by atoms with Crippen LogP contribution in [0.4, 0.5) is 5.69 Å². The van der Waals surface area contributed by atoms with E-state index in [2.05, 4.69) is 23.1 Å². The molecule has 21 heavy (non-hydrogen) atoms. The Morgan fingerprint density at radius 1 is 1.14 bits per heavy atom. The van der Waals surface area contributed by atoms with Gasteiger partial charge in [-0.2, -0.15) is 0 Å². The average Bonchev–Trinajstić information content (AvgIpc) is 2.86. The number of aromatic hydroxyl groups is 1. The number of phenols is 1. The number of hydrogen-bond donors (Lipinski definition) is 2. The second-order valence-electron chi connectivity index (χ2n) is 5.78. The van der Waals surface area contributed by atoms with Crippen molar-refractivity contribution in [1.29, 1.82) is 0 Å². The maximum Gasteiger partial charge on any atom is 0.124 e. The van der Waals surface area contributed by atoms with Crippen LogP contribution in [-0.4, -0.2) is 29.4 Å². The summed E-state index contributed by atoms with van der Waals surface area (Å²) in [5.74, 6) is 0.421. The van der Waals surface area contributed by atoms with Crippen LogP contribution in [-0.2, 0) is 12.8 Å². The van der Waals surface area contributed by atoms with E-state index in [0.717, 1.165) is 36.2 Å². The van der Waals surface area contributed by atoms with Crippen LogP contribution in [0.3, 0.4) is 0 Å². The molecule has 110 valence electrons. The highest BCUT2D eigenvalue weighted by molar-refractivity contribution is 5.65. The van der Waals surface area contributed by atoms with Gasteiger partial charge in [0, 0.05) is 30.8 Å². The number of phenolic OH excluding ortho intramolecular Hbond substituents is 1. The Hall–Kier alpha value is -2.00. The molecule has 1 aliphatic heterocycles. The van der Waals surface area contributed by atoms with Gasteiger partial charge in [0.05, 0.1) is 6.10 Å². The molecule has 3 heteroatoms. The van der Waals surface area contributed by atoms with Crippen molar-refractivity contribution in [3.05, 3.63) is 59.2 Å². The second kappa shape index (κ2) is 5.78. The summed E-state index contributed by atoms with van der Waals surface area (Å²) in [6.07, 6.45) is 1.23. The first-order valence-corrected chi connectivity index (χ1v) is 7.46. The van der Waals surface area contributed by atoms with Gasteiger partial charge >= 0.3 is 0 Å². The number of aliphatic hydroxyl groups is 1. The van der Waals surface area contributed by atoms with Gasteiger partial charge < -0.3 is 15.1 Å². The van der Waals surface area contributed by atoms with E-state index >= 15 is 0 Å². The molecule has 0 aliphatic carbocycles. The van der Waals surface area contributed by atoms with Gasteiger partial charge in [-0.1, -0.05) is 36.4 Å². The molecular weight excluding hydrogens is 262 g/mol. The molecule has 0 spiro atoms. The zero-order valence-electron chi connectivity index (χ0n) is 12.3. The lowest BCUT2D eigenvalue weighted by atomic mass is 10.00. The van der Waals surface area contributed by atoms with Gasteiger partial charge in [0.1, 0.15) is 5.75 Å². The monoisotopic (exact) mass is 283 g/mol. The van der Waals surface area contributed by atoms with Crippen molar-refractivity contribution < 1.29 is 10.2 Å². The molecule has 2 aromatic carbocycles. The summed E-state index contributed by atoms with van der Waals surface area (Å²) >= 11 is 0. The van der Waals surface area contributed by atoms with Crippen molar-refractivity contribution in [1.82, 2.24) is 0 Å². The van der Waals surface area contributed by atoms with Crippen molar-refractivity contribution in [3.8, 4) is 5.75 Å². The zero-order valence-corrected chi connectivity index (χ0v) is 12.3. The molecule has 0 fully saturated rings. The minimum absolute atomic E-state index is 0.359. The van der Waals surface area contributed by atoms with Gasteiger partial charge in [-0.3, -0.25) is 0 Å². The number of rotatable bonds is 4. The lowest BCUT2D eigenvalue weighted by Gasteiger charge is -2.21. The summed E-state index contributed by atoms with van der Waals surface area (Å²) < 4.78 is 0. The number of nitrogens with zero attached hydrogens (tertiary/aromatic N) is 1. The lowest BCUT2D eigenvalue weighted by Crippen LogP contribution is -2.29. The largest absolute Gasteiger partial charge is 0.507 e. The topological polar surface area (TPSA) is 43.7 Å². The maximum atomic E-state index is 10.5. The third kappa shape index (κ3) is 2.88. The number of anilines is 1. The number of benzene rings is 2. The Balaban J connectivity index is 1.86. The fourth-order valence-electron chi connectivity index (χ4n) is 3.05. The lowest BCUT2D eigenvalue weighted by molar-refractivity contribution is 0.200. The fraction of sp³-hybridized carbons (Fsp3) is 0.333. The van der Waals surface area contributed by atoms with Crippen molar-refractivity contribution in [2.24, 2.45) is 0 Å². The first-order valence-electron chi connectivity index (χ1n) is 7.46. The standard InChI is InChI=1S/C18H21NO2/c1-13(20)12-19-10-9-16-17(19)8-7-15(18(16)21)11-14-5-3-2-4-6-14/h2-8,13,20-21H,9-12H2,1H3. The highest BCUT2D eigenvalue weighted by Gasteiger charge is 2.24. The number of aliphatic hydroxyl groups excluding tert-OH is 1. The minimum Gasteiger partial charge on any atom is -0.507 e. The van der Waals surface area contributed by atoms with Crippen LogP contribution in [0, 0.1) is 0 Å². The Morgan fingerprint density at radius 2 is 1.90 bits per heavy atom. The molecule has 1 atom stereocenters. The summed E-state index contributed by atoms with van der Waals surface area (Å²) in [6.45, 7) is 3.27. The van der Waals surface area contributed by atoms with Crippen LogP contribution in [0.5, 0.6) is 5.75 Å². The van der Waals surface area contributed by atoms with E-state index in [-0.39, 0.29) is 6.10 Å². The third-order valence-corrected chi connectivity index (χ3v) is 4.04. The van der Waals surface area contributed by atoms with E-state index < -0.39 is 0 Å². The maximum absolute atomic E-state index is 10.5. The van der Waals surface area contributed by atoms with Crippen molar-refractivity contribution in [3.63, 3.8) is 0 Å². The highest BCUT2D eigenvalue weighted by Crippen LogP contribution is 2.37. The van der Waals surface area contributed by atoms with Gasteiger partial charge in [0.2, 0.25) is 0 Å². The Bertz CT molecular complexity index is 623. The van der Waals surface area contributed by atoms with Crippen LogP contribution in [0.2, 0.25) is 0 Å². The van der Waals surface area contributed by atoms with E-state index in [0.29, 0.717) is 12.3 Å². The zero-order chi connectivity index (χ0) is 14.8. The first-order chi connectivity index (χ1) is 10.1. The predicted octanol–water partition coefficient (Wildman–Crippen LogP) is 2.73. The molecule has 2 aromatic rings. The van der Waals surface area contributed by atoms with Crippen molar-refractivity contribution >= 4 is 5.69 Å². The van der Waals surface area contributed by atoms with Crippen LogP contribution in [0.15, 0.2) is 42.5 Å². The molecule has 0 radical (unpaired) electrons. The van der Waals surface area contributed by atoms with Gasteiger partial charge in [0.15, 0.2) is 0 Å².